The summed E-state index contributed by atoms with van der Waals surface area (Å²) in [6.45, 7) is 1.46. The van der Waals surface area contributed by atoms with Crippen molar-refractivity contribution >= 4 is 33.2 Å². The summed E-state index contributed by atoms with van der Waals surface area (Å²) < 4.78 is 41.4. The Hall–Kier alpha value is -1.96. The Labute approximate surface area is 168 Å². The average Bonchev–Trinajstić information content (AvgIpc) is 3.11. The van der Waals surface area contributed by atoms with Crippen LogP contribution in [0.5, 0.6) is 0 Å². The number of hydrogen-bond acceptors (Lipinski definition) is 3. The van der Waals surface area contributed by atoms with E-state index in [4.69, 9.17) is 11.6 Å². The Balaban J connectivity index is 1.62. The van der Waals surface area contributed by atoms with Crippen LogP contribution in [-0.2, 0) is 16.4 Å². The summed E-state index contributed by atoms with van der Waals surface area (Å²) in [5, 5.41) is 0.225. The minimum Gasteiger partial charge on any atom is -0.308 e. The van der Waals surface area contributed by atoms with Gasteiger partial charge in [0.1, 0.15) is 5.82 Å². The van der Waals surface area contributed by atoms with Crippen LogP contribution in [0.25, 0.3) is 0 Å². The third kappa shape index (κ3) is 3.43. The standard InChI is InChI=1S/C20H20ClFN2O3S/c21-15-4-6-17(18(22)13-15)20(25)24-11-8-14-12-16(5-7-19(14)24)28(26,27)23-9-2-1-3-10-23/h4-7,12-13H,1-3,8-11H2. The lowest BCUT2D eigenvalue weighted by molar-refractivity contribution is 0.0985. The summed E-state index contributed by atoms with van der Waals surface area (Å²) in [7, 11) is -3.53. The van der Waals surface area contributed by atoms with Gasteiger partial charge in [0.15, 0.2) is 0 Å². The van der Waals surface area contributed by atoms with Gasteiger partial charge in [-0.3, -0.25) is 4.79 Å². The minimum atomic E-state index is -3.53. The highest BCUT2D eigenvalue weighted by molar-refractivity contribution is 7.89. The third-order valence-corrected chi connectivity index (χ3v) is 7.44. The highest BCUT2D eigenvalue weighted by Gasteiger charge is 2.31. The van der Waals surface area contributed by atoms with Gasteiger partial charge in [0.05, 0.1) is 10.5 Å². The molecule has 8 heteroatoms. The summed E-state index contributed by atoms with van der Waals surface area (Å²) in [5.41, 5.74) is 1.35. The molecule has 2 aliphatic rings. The van der Waals surface area contributed by atoms with Crippen LogP contribution in [0.1, 0.15) is 35.2 Å². The highest BCUT2D eigenvalue weighted by Crippen LogP contribution is 2.33. The number of amides is 1. The van der Waals surface area contributed by atoms with Crippen LogP contribution in [0.3, 0.4) is 0 Å². The maximum Gasteiger partial charge on any atom is 0.261 e. The normalized spacial score (nSPS) is 17.6. The van der Waals surface area contributed by atoms with Crippen molar-refractivity contribution in [2.75, 3.05) is 24.5 Å². The van der Waals surface area contributed by atoms with Gasteiger partial charge in [-0.05, 0) is 61.2 Å². The molecule has 0 N–H and O–H groups in total. The lowest BCUT2D eigenvalue weighted by atomic mass is 10.1. The monoisotopic (exact) mass is 422 g/mol. The van der Waals surface area contributed by atoms with Crippen molar-refractivity contribution in [1.82, 2.24) is 4.31 Å². The molecule has 0 aliphatic carbocycles. The molecule has 0 bridgehead atoms. The second kappa shape index (κ2) is 7.46. The molecule has 0 atom stereocenters. The van der Waals surface area contributed by atoms with Crippen molar-refractivity contribution in [2.45, 2.75) is 30.6 Å². The van der Waals surface area contributed by atoms with E-state index in [-0.39, 0.29) is 15.5 Å². The number of fused-ring (bicyclic) bond motifs is 1. The van der Waals surface area contributed by atoms with Crippen molar-refractivity contribution in [3.8, 4) is 0 Å². The maximum atomic E-state index is 14.1. The van der Waals surface area contributed by atoms with E-state index in [2.05, 4.69) is 0 Å². The smallest absolute Gasteiger partial charge is 0.261 e. The molecular weight excluding hydrogens is 403 g/mol. The number of carbonyl (C=O) groups excluding carboxylic acids is 1. The van der Waals surface area contributed by atoms with Crippen LogP contribution in [0.2, 0.25) is 5.02 Å². The number of piperidine rings is 1. The van der Waals surface area contributed by atoms with Crippen LogP contribution < -0.4 is 4.90 Å². The van der Waals surface area contributed by atoms with Gasteiger partial charge in [0.25, 0.3) is 5.91 Å². The molecule has 1 saturated heterocycles. The molecule has 1 fully saturated rings. The van der Waals surface area contributed by atoms with Crippen molar-refractivity contribution in [1.29, 1.82) is 0 Å². The highest BCUT2D eigenvalue weighted by atomic mass is 35.5. The molecule has 0 saturated carbocycles. The topological polar surface area (TPSA) is 57.7 Å². The maximum absolute atomic E-state index is 14.1. The first-order valence-corrected chi connectivity index (χ1v) is 11.1. The second-order valence-electron chi connectivity index (χ2n) is 7.09. The Bertz CT molecular complexity index is 1040. The SMILES string of the molecule is O=C(c1ccc(Cl)cc1F)N1CCc2cc(S(=O)(=O)N3CCCCC3)ccc21. The number of sulfonamides is 1. The Morgan fingerprint density at radius 2 is 1.75 bits per heavy atom. The first-order chi connectivity index (χ1) is 13.4. The van der Waals surface area contributed by atoms with Crippen molar-refractivity contribution in [2.24, 2.45) is 0 Å². The fourth-order valence-electron chi connectivity index (χ4n) is 3.81. The van der Waals surface area contributed by atoms with Gasteiger partial charge in [-0.25, -0.2) is 12.8 Å². The fraction of sp³-hybridized carbons (Fsp3) is 0.350. The van der Waals surface area contributed by atoms with E-state index in [1.807, 2.05) is 0 Å². The molecule has 4 rings (SSSR count). The van der Waals surface area contributed by atoms with E-state index >= 15 is 0 Å². The molecule has 1 amide bonds. The zero-order valence-corrected chi connectivity index (χ0v) is 16.8. The molecule has 5 nitrogen and oxygen atoms in total. The van der Waals surface area contributed by atoms with E-state index in [1.54, 1.807) is 12.1 Å². The van der Waals surface area contributed by atoms with Crippen molar-refractivity contribution in [3.05, 3.63) is 58.4 Å². The van der Waals surface area contributed by atoms with Crippen molar-refractivity contribution < 1.29 is 17.6 Å². The molecule has 148 valence electrons. The molecule has 2 heterocycles. The van der Waals surface area contributed by atoms with E-state index in [0.717, 1.165) is 30.9 Å². The summed E-state index contributed by atoms with van der Waals surface area (Å²) in [5.74, 6) is -1.13. The van der Waals surface area contributed by atoms with Crippen LogP contribution in [0, 0.1) is 5.82 Å². The molecule has 2 aromatic rings. The molecule has 0 radical (unpaired) electrons. The van der Waals surface area contributed by atoms with Crippen molar-refractivity contribution in [3.63, 3.8) is 0 Å². The average molecular weight is 423 g/mol. The molecule has 0 unspecified atom stereocenters. The van der Waals surface area contributed by atoms with Crippen LogP contribution in [0.15, 0.2) is 41.3 Å². The second-order valence-corrected chi connectivity index (χ2v) is 9.46. The molecule has 0 aromatic heterocycles. The summed E-state index contributed by atoms with van der Waals surface area (Å²) in [6, 6.07) is 8.78. The van der Waals surface area contributed by atoms with Gasteiger partial charge in [-0.15, -0.1) is 0 Å². The fourth-order valence-corrected chi connectivity index (χ4v) is 5.54. The Kier molecular flexibility index (Phi) is 5.16. The number of nitrogens with zero attached hydrogens (tertiary/aromatic N) is 2. The van der Waals surface area contributed by atoms with E-state index in [0.29, 0.717) is 31.7 Å². The Morgan fingerprint density at radius 3 is 2.46 bits per heavy atom. The van der Waals surface area contributed by atoms with Gasteiger partial charge in [0.2, 0.25) is 10.0 Å². The number of carbonyl (C=O) groups is 1. The largest absolute Gasteiger partial charge is 0.308 e. The van der Waals surface area contributed by atoms with E-state index in [9.17, 15) is 17.6 Å². The summed E-state index contributed by atoms with van der Waals surface area (Å²) in [4.78, 5) is 14.5. The Morgan fingerprint density at radius 1 is 1.00 bits per heavy atom. The lowest BCUT2D eigenvalue weighted by Crippen LogP contribution is -2.35. The third-order valence-electron chi connectivity index (χ3n) is 5.31. The predicted molar refractivity (Wildman–Crippen MR) is 106 cm³/mol. The summed E-state index contributed by atoms with van der Waals surface area (Å²) >= 11 is 5.76. The van der Waals surface area contributed by atoms with Gasteiger partial charge in [0, 0.05) is 30.3 Å². The molecule has 2 aliphatic heterocycles. The van der Waals surface area contributed by atoms with E-state index < -0.39 is 21.7 Å². The minimum absolute atomic E-state index is 0.0535. The number of rotatable bonds is 3. The van der Waals surface area contributed by atoms with Crippen LogP contribution in [0.4, 0.5) is 10.1 Å². The van der Waals surface area contributed by atoms with E-state index in [1.165, 1.54) is 27.4 Å². The van der Waals surface area contributed by atoms with Crippen LogP contribution >= 0.6 is 11.6 Å². The lowest BCUT2D eigenvalue weighted by Gasteiger charge is -2.26. The number of anilines is 1. The first-order valence-electron chi connectivity index (χ1n) is 9.28. The molecule has 28 heavy (non-hydrogen) atoms. The number of benzene rings is 2. The van der Waals surface area contributed by atoms with Gasteiger partial charge >= 0.3 is 0 Å². The zero-order chi connectivity index (χ0) is 19.9. The number of hydrogen-bond donors (Lipinski definition) is 0. The molecule has 0 spiro atoms. The first kappa shape index (κ1) is 19.4. The molecule has 2 aromatic carbocycles. The quantitative estimate of drug-likeness (QED) is 0.754. The van der Waals surface area contributed by atoms with Gasteiger partial charge in [-0.1, -0.05) is 18.0 Å². The van der Waals surface area contributed by atoms with Crippen LogP contribution in [-0.4, -0.2) is 38.3 Å². The summed E-state index contributed by atoms with van der Waals surface area (Å²) in [6.07, 6.45) is 3.33. The zero-order valence-electron chi connectivity index (χ0n) is 15.2. The predicted octanol–water partition coefficient (Wildman–Crippen LogP) is 3.86. The van der Waals surface area contributed by atoms with Gasteiger partial charge in [-0.2, -0.15) is 4.31 Å². The number of halogens is 2. The van der Waals surface area contributed by atoms with Gasteiger partial charge < -0.3 is 4.90 Å². The molecular formula is C20H20ClFN2O3S.